The standard InChI is InChI=1S/C52H29N3O/c1-3-12-34-30(10-1)22-28-43-47(34)48-35-13-4-2-11-31(35)23-29-44(48)55(43)33-24-20-32(21-25-33)52-53-49(51-50(54-52)42-16-7-8-19-45(42)56-51)41-27-26-40-37-15-6-5-14-36(37)38-17-9-18-39(41)46(38)40/h1-29H. The van der Waals surface area contributed by atoms with Gasteiger partial charge in [-0.3, -0.25) is 0 Å². The molecule has 56 heavy (non-hydrogen) atoms. The van der Waals surface area contributed by atoms with Crippen molar-refractivity contribution in [3.8, 4) is 50.6 Å². The van der Waals surface area contributed by atoms with Crippen molar-refractivity contribution >= 4 is 76.2 Å². The third-order valence-electron chi connectivity index (χ3n) is 12.0. The zero-order valence-electron chi connectivity index (χ0n) is 30.0. The highest BCUT2D eigenvalue weighted by Gasteiger charge is 2.25. The van der Waals surface area contributed by atoms with E-state index in [1.54, 1.807) is 0 Å². The first kappa shape index (κ1) is 29.8. The number of nitrogens with zero attached hydrogens (tertiary/aromatic N) is 3. The number of furan rings is 1. The summed E-state index contributed by atoms with van der Waals surface area (Å²) in [5.41, 5.74) is 13.6. The van der Waals surface area contributed by atoms with Gasteiger partial charge in [0, 0.05) is 33.0 Å². The molecule has 0 saturated heterocycles. The van der Waals surface area contributed by atoms with Crippen molar-refractivity contribution in [2.75, 3.05) is 0 Å². The van der Waals surface area contributed by atoms with Crippen LogP contribution in [-0.2, 0) is 0 Å². The van der Waals surface area contributed by atoms with Gasteiger partial charge in [-0.15, -0.1) is 0 Å². The lowest BCUT2D eigenvalue weighted by molar-refractivity contribution is 0.667. The minimum Gasteiger partial charge on any atom is -0.452 e. The highest BCUT2D eigenvalue weighted by Crippen LogP contribution is 2.50. The molecule has 13 rings (SSSR count). The molecular formula is C52H29N3O. The molecule has 0 aliphatic heterocycles. The van der Waals surface area contributed by atoms with Crippen molar-refractivity contribution in [1.82, 2.24) is 14.5 Å². The fourth-order valence-electron chi connectivity index (χ4n) is 9.50. The summed E-state index contributed by atoms with van der Waals surface area (Å²) in [5, 5.41) is 10.9. The minimum atomic E-state index is 0.663. The molecule has 12 aromatic rings. The lowest BCUT2D eigenvalue weighted by Crippen LogP contribution is -1.97. The predicted molar refractivity (Wildman–Crippen MR) is 231 cm³/mol. The SMILES string of the molecule is c1ccc2c(c1)-c1cccc3c(-c4nc(-c5ccc(-n6c7ccc8ccccc8c7c7c8ccccc8ccc76)cc5)nc5c4oc4ccccc45)ccc-2c13. The fourth-order valence-corrected chi connectivity index (χ4v) is 9.50. The van der Waals surface area contributed by atoms with Gasteiger partial charge in [-0.1, -0.05) is 127 Å². The van der Waals surface area contributed by atoms with E-state index in [1.165, 1.54) is 71.0 Å². The molecule has 1 aliphatic rings. The molecule has 3 heterocycles. The second-order valence-electron chi connectivity index (χ2n) is 14.9. The molecule has 4 nitrogen and oxygen atoms in total. The molecule has 0 fully saturated rings. The van der Waals surface area contributed by atoms with E-state index < -0.39 is 0 Å². The van der Waals surface area contributed by atoms with Crippen LogP contribution in [0.1, 0.15) is 0 Å². The van der Waals surface area contributed by atoms with E-state index in [-0.39, 0.29) is 0 Å². The average Bonchev–Trinajstić information content (AvgIpc) is 3.93. The molecule has 1 aliphatic carbocycles. The molecule has 0 radical (unpaired) electrons. The number of aromatic nitrogens is 3. The van der Waals surface area contributed by atoms with Crippen LogP contribution in [0.5, 0.6) is 0 Å². The largest absolute Gasteiger partial charge is 0.452 e. The quantitative estimate of drug-likeness (QED) is 0.183. The van der Waals surface area contributed by atoms with Gasteiger partial charge in [-0.25, -0.2) is 9.97 Å². The van der Waals surface area contributed by atoms with Gasteiger partial charge < -0.3 is 8.98 Å². The van der Waals surface area contributed by atoms with Gasteiger partial charge in [-0.05, 0) is 103 Å². The molecule has 258 valence electrons. The van der Waals surface area contributed by atoms with Gasteiger partial charge in [-0.2, -0.15) is 0 Å². The second kappa shape index (κ2) is 11.0. The Morgan fingerprint density at radius 1 is 0.393 bits per heavy atom. The summed E-state index contributed by atoms with van der Waals surface area (Å²) in [7, 11) is 0. The molecule has 4 heteroatoms. The maximum atomic E-state index is 6.60. The van der Waals surface area contributed by atoms with E-state index in [0.717, 1.165) is 44.4 Å². The van der Waals surface area contributed by atoms with E-state index in [2.05, 4.69) is 162 Å². The Hall–Kier alpha value is -7.56. The van der Waals surface area contributed by atoms with Crippen molar-refractivity contribution in [2.45, 2.75) is 0 Å². The van der Waals surface area contributed by atoms with Crippen LogP contribution >= 0.6 is 0 Å². The first-order valence-electron chi connectivity index (χ1n) is 19.1. The summed E-state index contributed by atoms with van der Waals surface area (Å²) in [6, 6.07) is 63.0. The number of rotatable bonds is 3. The normalized spacial score (nSPS) is 12.3. The van der Waals surface area contributed by atoms with Gasteiger partial charge >= 0.3 is 0 Å². The topological polar surface area (TPSA) is 43.9 Å². The molecule has 0 bridgehead atoms. The molecule has 0 unspecified atom stereocenters. The summed E-state index contributed by atoms with van der Waals surface area (Å²) in [5.74, 6) is 0.663. The number of hydrogen-bond acceptors (Lipinski definition) is 3. The third-order valence-corrected chi connectivity index (χ3v) is 12.0. The lowest BCUT2D eigenvalue weighted by Gasteiger charge is -2.12. The van der Waals surface area contributed by atoms with Crippen molar-refractivity contribution in [3.63, 3.8) is 0 Å². The highest BCUT2D eigenvalue weighted by atomic mass is 16.3. The molecule has 0 saturated carbocycles. The van der Waals surface area contributed by atoms with E-state index in [1.807, 2.05) is 18.2 Å². The number of fused-ring (bicyclic) bond motifs is 13. The van der Waals surface area contributed by atoms with Gasteiger partial charge in [0.15, 0.2) is 11.4 Å². The van der Waals surface area contributed by atoms with Crippen LogP contribution in [0.25, 0.3) is 127 Å². The summed E-state index contributed by atoms with van der Waals surface area (Å²) >= 11 is 0. The van der Waals surface area contributed by atoms with Crippen molar-refractivity contribution in [1.29, 1.82) is 0 Å². The highest BCUT2D eigenvalue weighted by molar-refractivity contribution is 6.28. The first-order valence-corrected chi connectivity index (χ1v) is 19.1. The van der Waals surface area contributed by atoms with Gasteiger partial charge in [0.25, 0.3) is 0 Å². The smallest absolute Gasteiger partial charge is 0.180 e. The molecular weight excluding hydrogens is 683 g/mol. The Bertz CT molecular complexity index is 3520. The maximum Gasteiger partial charge on any atom is 0.180 e. The van der Waals surface area contributed by atoms with Gasteiger partial charge in [0.1, 0.15) is 16.8 Å². The van der Waals surface area contributed by atoms with Crippen molar-refractivity contribution in [2.24, 2.45) is 0 Å². The van der Waals surface area contributed by atoms with Crippen LogP contribution in [0, 0.1) is 0 Å². The van der Waals surface area contributed by atoms with Crippen LogP contribution in [0.4, 0.5) is 0 Å². The molecule has 3 aromatic heterocycles. The minimum absolute atomic E-state index is 0.663. The first-order chi connectivity index (χ1) is 27.8. The molecule has 0 spiro atoms. The Kier molecular flexibility index (Phi) is 5.86. The van der Waals surface area contributed by atoms with E-state index in [0.29, 0.717) is 11.4 Å². The summed E-state index contributed by atoms with van der Waals surface area (Å²) in [6.07, 6.45) is 0. The third kappa shape index (κ3) is 3.97. The van der Waals surface area contributed by atoms with E-state index in [4.69, 9.17) is 14.4 Å². The van der Waals surface area contributed by atoms with Crippen molar-refractivity contribution in [3.05, 3.63) is 176 Å². The van der Waals surface area contributed by atoms with Gasteiger partial charge in [0.05, 0.1) is 11.0 Å². The Morgan fingerprint density at radius 2 is 0.964 bits per heavy atom. The lowest BCUT2D eigenvalue weighted by atomic mass is 9.96. The van der Waals surface area contributed by atoms with Crippen LogP contribution in [0.3, 0.4) is 0 Å². The van der Waals surface area contributed by atoms with Crippen LogP contribution in [0.15, 0.2) is 180 Å². The van der Waals surface area contributed by atoms with Crippen LogP contribution in [-0.4, -0.2) is 14.5 Å². The molecule has 9 aromatic carbocycles. The maximum absolute atomic E-state index is 6.60. The Morgan fingerprint density at radius 3 is 1.68 bits per heavy atom. The molecule has 0 N–H and O–H groups in total. The van der Waals surface area contributed by atoms with Gasteiger partial charge in [0.2, 0.25) is 0 Å². The number of benzene rings is 9. The molecule has 0 amide bonds. The monoisotopic (exact) mass is 711 g/mol. The van der Waals surface area contributed by atoms with E-state index >= 15 is 0 Å². The second-order valence-corrected chi connectivity index (χ2v) is 14.9. The summed E-state index contributed by atoms with van der Waals surface area (Å²) in [4.78, 5) is 10.6. The number of para-hydroxylation sites is 1. The average molecular weight is 712 g/mol. The van der Waals surface area contributed by atoms with Crippen LogP contribution in [0.2, 0.25) is 0 Å². The predicted octanol–water partition coefficient (Wildman–Crippen LogP) is 13.9. The fraction of sp³-hybridized carbons (Fsp3) is 0. The zero-order valence-corrected chi connectivity index (χ0v) is 30.0. The van der Waals surface area contributed by atoms with E-state index in [9.17, 15) is 0 Å². The Labute approximate surface area is 320 Å². The van der Waals surface area contributed by atoms with Crippen molar-refractivity contribution < 1.29 is 4.42 Å². The number of hydrogen-bond donors (Lipinski definition) is 0. The molecule has 0 atom stereocenters. The summed E-state index contributed by atoms with van der Waals surface area (Å²) < 4.78 is 9.00. The van der Waals surface area contributed by atoms with Crippen LogP contribution < -0.4 is 0 Å². The zero-order chi connectivity index (χ0) is 36.5. The Balaban J connectivity index is 1.03. The summed E-state index contributed by atoms with van der Waals surface area (Å²) in [6.45, 7) is 0.